The fourth-order valence-corrected chi connectivity index (χ4v) is 2.41. The molecule has 5 heteroatoms. The third kappa shape index (κ3) is 6.07. The second kappa shape index (κ2) is 9.75. The predicted molar refractivity (Wildman–Crippen MR) is 95.9 cm³/mol. The lowest BCUT2D eigenvalue weighted by molar-refractivity contribution is -0.127. The van der Waals surface area contributed by atoms with Gasteiger partial charge in [-0.15, -0.1) is 0 Å². The zero-order valence-corrected chi connectivity index (χ0v) is 15.2. The molecule has 0 heterocycles. The molecule has 1 aromatic rings. The molecule has 0 bridgehead atoms. The fraction of sp³-hybridized carbons (Fsp3) is 0.474. The average molecular weight is 332 g/mol. The Hall–Kier alpha value is -2.30. The first-order chi connectivity index (χ1) is 11.4. The van der Waals surface area contributed by atoms with Crippen molar-refractivity contribution in [3.63, 3.8) is 0 Å². The van der Waals surface area contributed by atoms with Crippen LogP contribution in [0.5, 0.6) is 5.75 Å². The van der Waals surface area contributed by atoms with Crippen LogP contribution in [-0.4, -0.2) is 32.0 Å². The van der Waals surface area contributed by atoms with E-state index in [-0.39, 0.29) is 11.8 Å². The number of nitrogens with one attached hydrogen (secondary N) is 2. The molecular formula is C19H28N2O3. The van der Waals surface area contributed by atoms with Crippen LogP contribution in [0.1, 0.15) is 32.8 Å². The smallest absolute Gasteiger partial charge is 0.247 e. The van der Waals surface area contributed by atoms with Crippen molar-refractivity contribution < 1.29 is 14.3 Å². The molecule has 0 aliphatic rings. The fourth-order valence-electron chi connectivity index (χ4n) is 2.41. The first kappa shape index (κ1) is 19.7. The van der Waals surface area contributed by atoms with Crippen LogP contribution >= 0.6 is 0 Å². The molecule has 0 aromatic heterocycles. The molecule has 0 spiro atoms. The highest BCUT2D eigenvalue weighted by atomic mass is 16.5. The van der Waals surface area contributed by atoms with E-state index in [2.05, 4.69) is 24.5 Å². The second-order valence-electron chi connectivity index (χ2n) is 6.10. The number of rotatable bonds is 8. The largest absolute Gasteiger partial charge is 0.497 e. The molecule has 1 atom stereocenters. The Balaban J connectivity index is 2.84. The first-order valence-corrected chi connectivity index (χ1v) is 8.21. The van der Waals surface area contributed by atoms with Gasteiger partial charge in [0.2, 0.25) is 11.8 Å². The minimum atomic E-state index is -0.613. The van der Waals surface area contributed by atoms with E-state index in [1.807, 2.05) is 37.3 Å². The highest BCUT2D eigenvalue weighted by Crippen LogP contribution is 2.14. The summed E-state index contributed by atoms with van der Waals surface area (Å²) in [6.07, 6.45) is 2.92. The van der Waals surface area contributed by atoms with Crippen LogP contribution in [-0.2, 0) is 16.0 Å². The van der Waals surface area contributed by atoms with Crippen LogP contribution in [0, 0.1) is 5.92 Å². The number of amides is 2. The van der Waals surface area contributed by atoms with Gasteiger partial charge in [0.15, 0.2) is 0 Å². The summed E-state index contributed by atoms with van der Waals surface area (Å²) in [6, 6.07) is 6.86. The minimum absolute atomic E-state index is 0.187. The second-order valence-corrected chi connectivity index (χ2v) is 6.10. The van der Waals surface area contributed by atoms with Crippen LogP contribution < -0.4 is 15.4 Å². The van der Waals surface area contributed by atoms with E-state index in [1.54, 1.807) is 14.2 Å². The Morgan fingerprint density at radius 2 is 1.83 bits per heavy atom. The number of methoxy groups -OCH3 is 1. The van der Waals surface area contributed by atoms with Gasteiger partial charge in [0.05, 0.1) is 7.11 Å². The van der Waals surface area contributed by atoms with Gasteiger partial charge in [0, 0.05) is 19.0 Å². The van der Waals surface area contributed by atoms with E-state index in [0.717, 1.165) is 11.3 Å². The van der Waals surface area contributed by atoms with Gasteiger partial charge in [-0.05, 0) is 37.0 Å². The van der Waals surface area contributed by atoms with Gasteiger partial charge in [-0.3, -0.25) is 9.59 Å². The molecule has 0 radical (unpaired) electrons. The van der Waals surface area contributed by atoms with Gasteiger partial charge in [-0.1, -0.05) is 32.1 Å². The molecular weight excluding hydrogens is 304 g/mol. The van der Waals surface area contributed by atoms with Crippen molar-refractivity contribution in [3.05, 3.63) is 41.5 Å². The average Bonchev–Trinajstić information content (AvgIpc) is 2.58. The molecule has 0 aliphatic carbocycles. The van der Waals surface area contributed by atoms with Gasteiger partial charge in [-0.2, -0.15) is 0 Å². The summed E-state index contributed by atoms with van der Waals surface area (Å²) in [5.41, 5.74) is 1.66. The standard InChI is InChI=1S/C19H28N2O3/c1-6-15(11-13(2)3)18(22)21-17(19(23)20-4)12-14-7-9-16(24-5)10-8-14/h6-10,13,17H,11-12H2,1-5H3,(H,20,23)(H,21,22)/t17-/m0/s1. The summed E-state index contributed by atoms with van der Waals surface area (Å²) >= 11 is 0. The number of hydrogen-bond donors (Lipinski definition) is 2. The summed E-state index contributed by atoms with van der Waals surface area (Å²) in [4.78, 5) is 24.6. The van der Waals surface area contributed by atoms with Gasteiger partial charge in [0.1, 0.15) is 11.8 Å². The third-order valence-corrected chi connectivity index (χ3v) is 3.74. The van der Waals surface area contributed by atoms with Gasteiger partial charge in [0.25, 0.3) is 0 Å². The van der Waals surface area contributed by atoms with E-state index in [9.17, 15) is 9.59 Å². The highest BCUT2D eigenvalue weighted by molar-refractivity contribution is 5.96. The van der Waals surface area contributed by atoms with Crippen LogP contribution in [0.25, 0.3) is 0 Å². The van der Waals surface area contributed by atoms with Crippen molar-refractivity contribution in [2.24, 2.45) is 5.92 Å². The van der Waals surface area contributed by atoms with E-state index in [0.29, 0.717) is 24.3 Å². The monoisotopic (exact) mass is 332 g/mol. The van der Waals surface area contributed by atoms with Crippen molar-refractivity contribution in [2.75, 3.05) is 14.2 Å². The molecule has 2 N–H and O–H groups in total. The van der Waals surface area contributed by atoms with Gasteiger partial charge >= 0.3 is 0 Å². The van der Waals surface area contributed by atoms with E-state index < -0.39 is 6.04 Å². The molecule has 0 aliphatic heterocycles. The van der Waals surface area contributed by atoms with E-state index in [1.165, 1.54) is 0 Å². The molecule has 0 fully saturated rings. The number of benzene rings is 1. The number of likely N-dealkylation sites (N-methyl/N-ethyl adjacent to an activating group) is 1. The Morgan fingerprint density at radius 3 is 2.29 bits per heavy atom. The zero-order chi connectivity index (χ0) is 18.1. The zero-order valence-electron chi connectivity index (χ0n) is 15.2. The van der Waals surface area contributed by atoms with Crippen molar-refractivity contribution in [1.82, 2.24) is 10.6 Å². The third-order valence-electron chi connectivity index (χ3n) is 3.74. The maximum Gasteiger partial charge on any atom is 0.247 e. The molecule has 0 saturated heterocycles. The van der Waals surface area contributed by atoms with Crippen LogP contribution in [0.4, 0.5) is 0 Å². The van der Waals surface area contributed by atoms with E-state index >= 15 is 0 Å². The maximum atomic E-state index is 12.5. The van der Waals surface area contributed by atoms with Gasteiger partial charge < -0.3 is 15.4 Å². The first-order valence-electron chi connectivity index (χ1n) is 8.21. The predicted octanol–water partition coefficient (Wildman–Crippen LogP) is 2.46. The lowest BCUT2D eigenvalue weighted by Gasteiger charge is -2.19. The summed E-state index contributed by atoms with van der Waals surface area (Å²) in [6.45, 7) is 5.96. The van der Waals surface area contributed by atoms with Crippen molar-refractivity contribution in [1.29, 1.82) is 0 Å². The number of allylic oxidation sites excluding steroid dienone is 1. The quantitative estimate of drug-likeness (QED) is 0.719. The molecule has 24 heavy (non-hydrogen) atoms. The molecule has 0 saturated carbocycles. The van der Waals surface area contributed by atoms with Crippen molar-refractivity contribution >= 4 is 11.8 Å². The molecule has 132 valence electrons. The molecule has 5 nitrogen and oxygen atoms in total. The highest BCUT2D eigenvalue weighted by Gasteiger charge is 2.22. The molecule has 1 rings (SSSR count). The maximum absolute atomic E-state index is 12.5. The lowest BCUT2D eigenvalue weighted by atomic mass is 10.0. The number of hydrogen-bond acceptors (Lipinski definition) is 3. The van der Waals surface area contributed by atoms with Crippen LogP contribution in [0.2, 0.25) is 0 Å². The summed E-state index contributed by atoms with van der Waals surface area (Å²) in [5, 5.41) is 5.46. The normalized spacial score (nSPS) is 12.7. The lowest BCUT2D eigenvalue weighted by Crippen LogP contribution is -2.47. The summed E-state index contributed by atoms with van der Waals surface area (Å²) < 4.78 is 5.13. The van der Waals surface area contributed by atoms with Crippen LogP contribution in [0.15, 0.2) is 35.9 Å². The minimum Gasteiger partial charge on any atom is -0.497 e. The Morgan fingerprint density at radius 1 is 1.21 bits per heavy atom. The summed E-state index contributed by atoms with van der Waals surface area (Å²) in [7, 11) is 3.18. The van der Waals surface area contributed by atoms with E-state index in [4.69, 9.17) is 4.74 Å². The Kier molecular flexibility index (Phi) is 8.02. The van der Waals surface area contributed by atoms with Crippen LogP contribution in [0.3, 0.4) is 0 Å². The number of ether oxygens (including phenoxy) is 1. The Bertz CT molecular complexity index is 577. The molecule has 2 amide bonds. The topological polar surface area (TPSA) is 67.4 Å². The van der Waals surface area contributed by atoms with Crippen molar-refractivity contribution in [2.45, 2.75) is 39.7 Å². The Labute approximate surface area is 144 Å². The number of carbonyl (C=O) groups excluding carboxylic acids is 2. The van der Waals surface area contributed by atoms with Crippen molar-refractivity contribution in [3.8, 4) is 5.75 Å². The molecule has 1 aromatic carbocycles. The SMILES string of the molecule is CC=C(CC(C)C)C(=O)N[C@@H](Cc1ccc(OC)cc1)C(=O)NC. The summed E-state index contributed by atoms with van der Waals surface area (Å²) in [5.74, 6) is 0.738. The number of carbonyl (C=O) groups is 2. The molecule has 0 unspecified atom stereocenters. The van der Waals surface area contributed by atoms with Gasteiger partial charge in [-0.25, -0.2) is 0 Å².